The van der Waals surface area contributed by atoms with Gasteiger partial charge in [0.05, 0.1) is 0 Å². The predicted octanol–water partition coefficient (Wildman–Crippen LogP) is 4.23. The maximum absolute atomic E-state index is 5.96. The highest BCUT2D eigenvalue weighted by atomic mass is 35.5. The van der Waals surface area contributed by atoms with Gasteiger partial charge in [0.2, 0.25) is 0 Å². The highest BCUT2D eigenvalue weighted by Crippen LogP contribution is 2.13. The first-order valence-corrected chi connectivity index (χ1v) is 8.16. The fourth-order valence-electron chi connectivity index (χ4n) is 2.10. The summed E-state index contributed by atoms with van der Waals surface area (Å²) in [6.07, 6.45) is 0. The molecule has 0 aliphatic rings. The normalized spacial score (nSPS) is 12.2. The zero-order chi connectivity index (χ0) is 17.7. The topological polar surface area (TPSA) is 31.2 Å². The summed E-state index contributed by atoms with van der Waals surface area (Å²) in [5.41, 5.74) is 1.89. The fraction of sp³-hybridized carbons (Fsp3) is 0.222. The van der Waals surface area contributed by atoms with E-state index >= 15 is 0 Å². The summed E-state index contributed by atoms with van der Waals surface area (Å²) in [5.74, 6) is 1.50. The zero-order valence-electron chi connectivity index (χ0n) is 14.2. The maximum atomic E-state index is 5.96. The third-order valence-electron chi connectivity index (χ3n) is 3.29. The molecule has 0 radical (unpaired) electrons. The van der Waals surface area contributed by atoms with E-state index in [1.807, 2.05) is 86.5 Å². The first-order chi connectivity index (χ1) is 11.4. The Balaban J connectivity index is 2.43. The quantitative estimate of drug-likeness (QED) is 0.464. The van der Waals surface area contributed by atoms with Gasteiger partial charge in [0.15, 0.2) is 11.7 Å². The van der Waals surface area contributed by atoms with Crippen LogP contribution in [0.1, 0.15) is 11.1 Å². The zero-order valence-corrected chi connectivity index (χ0v) is 15.7. The molecule has 0 aliphatic carbocycles. The Kier molecular flexibility index (Phi) is 6.23. The molecule has 6 heteroatoms. The number of benzene rings is 2. The summed E-state index contributed by atoms with van der Waals surface area (Å²) in [7, 11) is 7.72. The van der Waals surface area contributed by atoms with Crippen molar-refractivity contribution in [2.45, 2.75) is 0 Å². The lowest BCUT2D eigenvalue weighted by atomic mass is 10.2. The number of amidine groups is 2. The molecule has 0 bridgehead atoms. The Morgan fingerprint density at radius 1 is 0.625 bits per heavy atom. The van der Waals surface area contributed by atoms with Crippen molar-refractivity contribution in [2.75, 3.05) is 28.2 Å². The van der Waals surface area contributed by atoms with Gasteiger partial charge in [-0.1, -0.05) is 23.2 Å². The summed E-state index contributed by atoms with van der Waals surface area (Å²) in [6.45, 7) is 0. The van der Waals surface area contributed by atoms with Crippen LogP contribution in [0.4, 0.5) is 0 Å². The molecule has 126 valence electrons. The highest BCUT2D eigenvalue weighted by molar-refractivity contribution is 6.31. The summed E-state index contributed by atoms with van der Waals surface area (Å²) in [4.78, 5) is 3.84. The molecule has 2 aromatic rings. The van der Waals surface area contributed by atoms with Gasteiger partial charge < -0.3 is 9.80 Å². The van der Waals surface area contributed by atoms with Crippen LogP contribution in [0.25, 0.3) is 0 Å². The van der Waals surface area contributed by atoms with Gasteiger partial charge in [-0.25, -0.2) is 0 Å². The molecule has 0 saturated carbocycles. The molecule has 0 heterocycles. The van der Waals surface area contributed by atoms with Crippen LogP contribution in [0.15, 0.2) is 58.7 Å². The highest BCUT2D eigenvalue weighted by Gasteiger charge is 2.09. The molecule has 2 rings (SSSR count). The second kappa shape index (κ2) is 8.18. The van der Waals surface area contributed by atoms with Gasteiger partial charge in [-0.05, 0) is 48.5 Å². The first-order valence-electron chi connectivity index (χ1n) is 7.40. The molecule has 0 N–H and O–H groups in total. The summed E-state index contributed by atoms with van der Waals surface area (Å²) >= 11 is 11.9. The van der Waals surface area contributed by atoms with Crippen molar-refractivity contribution < 1.29 is 0 Å². The molecule has 0 aliphatic heterocycles. The smallest absolute Gasteiger partial charge is 0.158 e. The minimum absolute atomic E-state index is 0.690. The van der Waals surface area contributed by atoms with Crippen molar-refractivity contribution in [3.63, 3.8) is 0 Å². The van der Waals surface area contributed by atoms with Crippen molar-refractivity contribution in [1.29, 1.82) is 0 Å². The van der Waals surface area contributed by atoms with Crippen molar-refractivity contribution in [3.05, 3.63) is 69.7 Å². The fourth-order valence-corrected chi connectivity index (χ4v) is 2.36. The van der Waals surface area contributed by atoms with Crippen molar-refractivity contribution >= 4 is 34.9 Å². The monoisotopic (exact) mass is 362 g/mol. The molecular weight excluding hydrogens is 343 g/mol. The van der Waals surface area contributed by atoms with Crippen LogP contribution in [-0.4, -0.2) is 49.7 Å². The van der Waals surface area contributed by atoms with E-state index in [1.54, 1.807) is 0 Å². The van der Waals surface area contributed by atoms with E-state index in [2.05, 4.69) is 10.2 Å². The van der Waals surface area contributed by atoms with Crippen LogP contribution in [0.2, 0.25) is 10.0 Å². The molecule has 2 aromatic carbocycles. The standard InChI is InChI=1S/C18H20Cl2N4/c1-23(2)17(13-5-9-15(19)10-6-13)21-22-18(24(3)4)14-7-11-16(20)12-8-14/h5-12H,1-4H3. The van der Waals surface area contributed by atoms with E-state index < -0.39 is 0 Å². The van der Waals surface area contributed by atoms with Crippen molar-refractivity contribution in [2.24, 2.45) is 10.2 Å². The Labute approximate surface area is 153 Å². The van der Waals surface area contributed by atoms with Gasteiger partial charge in [-0.2, -0.15) is 0 Å². The SMILES string of the molecule is CN(C)C(=NN=C(c1ccc(Cl)cc1)N(C)C)c1ccc(Cl)cc1. The lowest BCUT2D eigenvalue weighted by Crippen LogP contribution is -2.25. The summed E-state index contributed by atoms with van der Waals surface area (Å²) in [5, 5.41) is 10.3. The van der Waals surface area contributed by atoms with Crippen LogP contribution < -0.4 is 0 Å². The van der Waals surface area contributed by atoms with E-state index in [-0.39, 0.29) is 0 Å². The van der Waals surface area contributed by atoms with E-state index in [0.717, 1.165) is 22.8 Å². The van der Waals surface area contributed by atoms with Crippen LogP contribution >= 0.6 is 23.2 Å². The Morgan fingerprint density at radius 2 is 0.917 bits per heavy atom. The van der Waals surface area contributed by atoms with Gasteiger partial charge in [-0.15, -0.1) is 10.2 Å². The number of rotatable bonds is 3. The first kappa shape index (κ1) is 18.3. The van der Waals surface area contributed by atoms with E-state index in [4.69, 9.17) is 23.2 Å². The third kappa shape index (κ3) is 4.73. The molecule has 0 aromatic heterocycles. The van der Waals surface area contributed by atoms with E-state index in [0.29, 0.717) is 10.0 Å². The predicted molar refractivity (Wildman–Crippen MR) is 103 cm³/mol. The third-order valence-corrected chi connectivity index (χ3v) is 3.80. The molecule has 0 fully saturated rings. The van der Waals surface area contributed by atoms with Crippen molar-refractivity contribution in [1.82, 2.24) is 9.80 Å². The molecular formula is C18H20Cl2N4. The Hall–Kier alpha value is -2.04. The van der Waals surface area contributed by atoms with E-state index in [1.165, 1.54) is 0 Å². The lowest BCUT2D eigenvalue weighted by Gasteiger charge is -2.17. The number of nitrogens with zero attached hydrogens (tertiary/aromatic N) is 4. The van der Waals surface area contributed by atoms with Gasteiger partial charge in [0.25, 0.3) is 0 Å². The number of halogens is 2. The van der Waals surface area contributed by atoms with Crippen molar-refractivity contribution in [3.8, 4) is 0 Å². The van der Waals surface area contributed by atoms with Crippen LogP contribution in [-0.2, 0) is 0 Å². The lowest BCUT2D eigenvalue weighted by molar-refractivity contribution is 0.610. The Morgan fingerprint density at radius 3 is 1.17 bits per heavy atom. The van der Waals surface area contributed by atoms with Crippen LogP contribution in [0.3, 0.4) is 0 Å². The maximum Gasteiger partial charge on any atom is 0.158 e. The van der Waals surface area contributed by atoms with E-state index in [9.17, 15) is 0 Å². The van der Waals surface area contributed by atoms with Gasteiger partial charge in [0, 0.05) is 49.4 Å². The average molecular weight is 363 g/mol. The summed E-state index contributed by atoms with van der Waals surface area (Å²) < 4.78 is 0. The molecule has 0 amide bonds. The van der Waals surface area contributed by atoms with Gasteiger partial charge >= 0.3 is 0 Å². The average Bonchev–Trinajstić information content (AvgIpc) is 2.53. The van der Waals surface area contributed by atoms with Crippen LogP contribution in [0.5, 0.6) is 0 Å². The summed E-state index contributed by atoms with van der Waals surface area (Å²) in [6, 6.07) is 15.1. The molecule has 0 spiro atoms. The molecule has 24 heavy (non-hydrogen) atoms. The number of hydrogen-bond donors (Lipinski definition) is 0. The molecule has 0 atom stereocenters. The van der Waals surface area contributed by atoms with Crippen LogP contribution in [0, 0.1) is 0 Å². The second-order valence-electron chi connectivity index (χ2n) is 5.65. The molecule has 0 saturated heterocycles. The largest absolute Gasteiger partial charge is 0.361 e. The van der Waals surface area contributed by atoms with Gasteiger partial charge in [-0.3, -0.25) is 0 Å². The minimum Gasteiger partial charge on any atom is -0.361 e. The molecule has 0 unspecified atom stereocenters. The minimum atomic E-state index is 0.690. The van der Waals surface area contributed by atoms with Gasteiger partial charge in [0.1, 0.15) is 0 Å². The second-order valence-corrected chi connectivity index (χ2v) is 6.52. The Bertz CT molecular complexity index is 667. The number of hydrogen-bond acceptors (Lipinski definition) is 2. The molecule has 4 nitrogen and oxygen atoms in total.